The van der Waals surface area contributed by atoms with Crippen LogP contribution in [0.4, 0.5) is 0 Å². The number of carbonyl (C=O) groups excluding carboxylic acids is 1. The van der Waals surface area contributed by atoms with Gasteiger partial charge < -0.3 is 19.4 Å². The predicted molar refractivity (Wildman–Crippen MR) is 90.8 cm³/mol. The average molecular weight is 332 g/mol. The minimum absolute atomic E-state index is 0.00189. The predicted octanol–water partition coefficient (Wildman–Crippen LogP) is 1.75. The standard InChI is InChI=1S/C17H24N4O3/c1-21(2)12-4-11-18-15(22)9-10-16-19-20-17(24-16)13-5-7-14(23-3)8-6-13/h5-8H,4,9-12H2,1-3H3,(H,18,22). The van der Waals surface area contributed by atoms with Crippen molar-refractivity contribution in [3.8, 4) is 17.2 Å². The molecule has 0 aliphatic carbocycles. The fourth-order valence-corrected chi connectivity index (χ4v) is 2.14. The van der Waals surface area contributed by atoms with Crippen LogP contribution in [0.1, 0.15) is 18.7 Å². The van der Waals surface area contributed by atoms with Crippen molar-refractivity contribution in [3.63, 3.8) is 0 Å². The molecule has 0 fully saturated rings. The van der Waals surface area contributed by atoms with Gasteiger partial charge in [0, 0.05) is 24.9 Å². The van der Waals surface area contributed by atoms with Crippen LogP contribution in [0.3, 0.4) is 0 Å². The number of carbonyl (C=O) groups is 1. The van der Waals surface area contributed by atoms with E-state index in [9.17, 15) is 4.79 Å². The molecule has 0 bridgehead atoms. The van der Waals surface area contributed by atoms with Crippen molar-refractivity contribution >= 4 is 5.91 Å². The topological polar surface area (TPSA) is 80.5 Å². The maximum Gasteiger partial charge on any atom is 0.247 e. The molecule has 0 atom stereocenters. The number of nitrogens with zero attached hydrogens (tertiary/aromatic N) is 3. The van der Waals surface area contributed by atoms with Gasteiger partial charge in [-0.1, -0.05) is 0 Å². The highest BCUT2D eigenvalue weighted by molar-refractivity contribution is 5.75. The number of aryl methyl sites for hydroxylation is 1. The fraction of sp³-hybridized carbons (Fsp3) is 0.471. The summed E-state index contributed by atoms with van der Waals surface area (Å²) in [6.45, 7) is 1.63. The van der Waals surface area contributed by atoms with Crippen LogP contribution < -0.4 is 10.1 Å². The van der Waals surface area contributed by atoms with E-state index in [0.29, 0.717) is 31.2 Å². The molecule has 1 amide bonds. The molecular weight excluding hydrogens is 308 g/mol. The number of hydrogen-bond acceptors (Lipinski definition) is 6. The first kappa shape index (κ1) is 17.9. The SMILES string of the molecule is COc1ccc(-c2nnc(CCC(=O)NCCCN(C)C)o2)cc1. The van der Waals surface area contributed by atoms with Crippen molar-refractivity contribution in [1.82, 2.24) is 20.4 Å². The molecule has 1 heterocycles. The zero-order valence-corrected chi connectivity index (χ0v) is 14.4. The van der Waals surface area contributed by atoms with E-state index in [1.165, 1.54) is 0 Å². The Bertz CT molecular complexity index is 638. The Morgan fingerprint density at radius 2 is 2.00 bits per heavy atom. The van der Waals surface area contributed by atoms with E-state index >= 15 is 0 Å². The third kappa shape index (κ3) is 5.66. The Morgan fingerprint density at radius 1 is 1.25 bits per heavy atom. The van der Waals surface area contributed by atoms with Crippen LogP contribution in [0.15, 0.2) is 28.7 Å². The maximum absolute atomic E-state index is 11.8. The highest BCUT2D eigenvalue weighted by Gasteiger charge is 2.10. The lowest BCUT2D eigenvalue weighted by Gasteiger charge is -2.09. The summed E-state index contributed by atoms with van der Waals surface area (Å²) in [4.78, 5) is 13.9. The molecule has 2 rings (SSSR count). The number of rotatable bonds is 9. The molecular formula is C17H24N4O3. The zero-order chi connectivity index (χ0) is 17.4. The molecule has 130 valence electrons. The summed E-state index contributed by atoms with van der Waals surface area (Å²) in [6.07, 6.45) is 1.70. The summed E-state index contributed by atoms with van der Waals surface area (Å²) in [5.41, 5.74) is 0.822. The summed E-state index contributed by atoms with van der Waals surface area (Å²) in [7, 11) is 5.64. The van der Waals surface area contributed by atoms with Crippen molar-refractivity contribution in [2.45, 2.75) is 19.3 Å². The first-order chi connectivity index (χ1) is 11.6. The Hall–Kier alpha value is -2.41. The van der Waals surface area contributed by atoms with E-state index in [0.717, 1.165) is 24.3 Å². The molecule has 0 unspecified atom stereocenters. The molecule has 0 saturated heterocycles. The van der Waals surface area contributed by atoms with Gasteiger partial charge in [0.25, 0.3) is 0 Å². The van der Waals surface area contributed by atoms with Crippen LogP contribution in [-0.4, -0.2) is 55.3 Å². The zero-order valence-electron chi connectivity index (χ0n) is 14.4. The van der Waals surface area contributed by atoms with Gasteiger partial charge in [0.1, 0.15) is 5.75 Å². The molecule has 0 aliphatic heterocycles. The van der Waals surface area contributed by atoms with E-state index in [-0.39, 0.29) is 5.91 Å². The number of benzene rings is 1. The second-order valence-corrected chi connectivity index (χ2v) is 5.74. The van der Waals surface area contributed by atoms with E-state index in [1.54, 1.807) is 7.11 Å². The van der Waals surface area contributed by atoms with Gasteiger partial charge >= 0.3 is 0 Å². The van der Waals surface area contributed by atoms with Crippen LogP contribution in [0.25, 0.3) is 11.5 Å². The van der Waals surface area contributed by atoms with Gasteiger partial charge in [-0.25, -0.2) is 0 Å². The lowest BCUT2D eigenvalue weighted by atomic mass is 10.2. The Kier molecular flexibility index (Phi) is 6.74. The van der Waals surface area contributed by atoms with E-state index in [1.807, 2.05) is 38.4 Å². The molecule has 0 radical (unpaired) electrons. The quantitative estimate of drug-likeness (QED) is 0.705. The van der Waals surface area contributed by atoms with Crippen LogP contribution in [0.5, 0.6) is 5.75 Å². The molecule has 7 nitrogen and oxygen atoms in total. The maximum atomic E-state index is 11.8. The Labute approximate surface area is 142 Å². The third-order valence-corrected chi connectivity index (χ3v) is 3.47. The smallest absolute Gasteiger partial charge is 0.247 e. The van der Waals surface area contributed by atoms with Gasteiger partial charge in [-0.2, -0.15) is 0 Å². The summed E-state index contributed by atoms with van der Waals surface area (Å²) >= 11 is 0. The second kappa shape index (κ2) is 9.02. The molecule has 1 aromatic heterocycles. The molecule has 1 N–H and O–H groups in total. The summed E-state index contributed by atoms with van der Waals surface area (Å²) in [6, 6.07) is 7.38. The van der Waals surface area contributed by atoms with Gasteiger partial charge in [-0.15, -0.1) is 10.2 Å². The lowest BCUT2D eigenvalue weighted by Crippen LogP contribution is -2.27. The second-order valence-electron chi connectivity index (χ2n) is 5.74. The fourth-order valence-electron chi connectivity index (χ4n) is 2.14. The minimum Gasteiger partial charge on any atom is -0.497 e. The monoisotopic (exact) mass is 332 g/mol. The summed E-state index contributed by atoms with van der Waals surface area (Å²) < 4.78 is 10.7. The van der Waals surface area contributed by atoms with Crippen LogP contribution in [0.2, 0.25) is 0 Å². The van der Waals surface area contributed by atoms with E-state index in [2.05, 4.69) is 20.4 Å². The number of aromatic nitrogens is 2. The van der Waals surface area contributed by atoms with Crippen LogP contribution >= 0.6 is 0 Å². The largest absolute Gasteiger partial charge is 0.497 e. The van der Waals surface area contributed by atoms with Crippen LogP contribution in [0, 0.1) is 0 Å². The first-order valence-corrected chi connectivity index (χ1v) is 7.96. The number of methoxy groups -OCH3 is 1. The van der Waals surface area contributed by atoms with Crippen LogP contribution in [-0.2, 0) is 11.2 Å². The first-order valence-electron chi connectivity index (χ1n) is 7.96. The van der Waals surface area contributed by atoms with Gasteiger partial charge in [-0.05, 0) is 51.3 Å². The third-order valence-electron chi connectivity index (χ3n) is 3.47. The van der Waals surface area contributed by atoms with Crippen molar-refractivity contribution in [3.05, 3.63) is 30.2 Å². The van der Waals surface area contributed by atoms with E-state index in [4.69, 9.17) is 9.15 Å². The molecule has 0 saturated carbocycles. The van der Waals surface area contributed by atoms with Crippen molar-refractivity contribution in [2.75, 3.05) is 34.3 Å². The lowest BCUT2D eigenvalue weighted by molar-refractivity contribution is -0.121. The average Bonchev–Trinajstić information content (AvgIpc) is 3.06. The summed E-state index contributed by atoms with van der Waals surface area (Å²) in [5.74, 6) is 1.67. The molecule has 7 heteroatoms. The number of hydrogen-bond donors (Lipinski definition) is 1. The van der Waals surface area contributed by atoms with Gasteiger partial charge in [0.2, 0.25) is 17.7 Å². The highest BCUT2D eigenvalue weighted by atomic mass is 16.5. The van der Waals surface area contributed by atoms with Gasteiger partial charge in [-0.3, -0.25) is 4.79 Å². The van der Waals surface area contributed by atoms with Crippen molar-refractivity contribution in [1.29, 1.82) is 0 Å². The molecule has 0 aliphatic rings. The minimum atomic E-state index is -0.00189. The number of amides is 1. The molecule has 1 aromatic carbocycles. The normalized spacial score (nSPS) is 10.8. The van der Waals surface area contributed by atoms with E-state index < -0.39 is 0 Å². The van der Waals surface area contributed by atoms with Gasteiger partial charge in [0.05, 0.1) is 7.11 Å². The number of ether oxygens (including phenoxy) is 1. The van der Waals surface area contributed by atoms with Crippen molar-refractivity contribution < 1.29 is 13.9 Å². The molecule has 24 heavy (non-hydrogen) atoms. The molecule has 0 spiro atoms. The Morgan fingerprint density at radius 3 is 2.67 bits per heavy atom. The number of nitrogens with one attached hydrogen (secondary N) is 1. The van der Waals surface area contributed by atoms with Gasteiger partial charge in [0.15, 0.2) is 0 Å². The van der Waals surface area contributed by atoms with Crippen molar-refractivity contribution in [2.24, 2.45) is 0 Å². The summed E-state index contributed by atoms with van der Waals surface area (Å²) in [5, 5.41) is 10.9. The molecule has 2 aromatic rings. The highest BCUT2D eigenvalue weighted by Crippen LogP contribution is 2.21. The Balaban J connectivity index is 1.77.